The monoisotopic (exact) mass is 363 g/mol. The summed E-state index contributed by atoms with van der Waals surface area (Å²) in [6, 6.07) is 16.8. The first-order valence-corrected chi connectivity index (χ1v) is 9.52. The Hall–Kier alpha value is -2.66. The van der Waals surface area contributed by atoms with Crippen molar-refractivity contribution in [1.82, 2.24) is 4.98 Å². The lowest BCUT2D eigenvalue weighted by Gasteiger charge is -2.22. The topological polar surface area (TPSA) is 37.7 Å². The summed E-state index contributed by atoms with van der Waals surface area (Å²) in [7, 11) is 1.68. The minimum Gasteiger partial charge on any atom is -0.497 e. The summed E-state index contributed by atoms with van der Waals surface area (Å²) in [5, 5.41) is 10.1. The van der Waals surface area contributed by atoms with Gasteiger partial charge in [-0.3, -0.25) is 0 Å². The highest BCUT2D eigenvalue weighted by Gasteiger charge is 2.32. The van der Waals surface area contributed by atoms with Crippen molar-refractivity contribution in [3.8, 4) is 5.75 Å². The molecule has 0 fully saturated rings. The normalized spacial score (nSPS) is 16.7. The van der Waals surface area contributed by atoms with Crippen LogP contribution in [-0.2, 0) is 0 Å². The summed E-state index contributed by atoms with van der Waals surface area (Å²) in [5.41, 5.74) is 5.81. The number of hydrogen-bond donors (Lipinski definition) is 0. The van der Waals surface area contributed by atoms with Crippen LogP contribution in [0.1, 0.15) is 34.8 Å². The van der Waals surface area contributed by atoms with Crippen LogP contribution in [-0.4, -0.2) is 17.8 Å². The van der Waals surface area contributed by atoms with Gasteiger partial charge in [-0.25, -0.2) is 9.99 Å². The molecule has 132 valence electrons. The number of methoxy groups -OCH3 is 1. The number of anilines is 1. The van der Waals surface area contributed by atoms with Crippen LogP contribution in [0.5, 0.6) is 5.75 Å². The predicted octanol–water partition coefficient (Wildman–Crippen LogP) is 5.12. The van der Waals surface area contributed by atoms with E-state index in [9.17, 15) is 0 Å². The molecule has 0 unspecified atom stereocenters. The minimum absolute atomic E-state index is 0.166. The van der Waals surface area contributed by atoms with Gasteiger partial charge in [0.1, 0.15) is 5.75 Å². The molecule has 5 heteroatoms. The molecule has 0 saturated carbocycles. The van der Waals surface area contributed by atoms with Gasteiger partial charge in [-0.1, -0.05) is 24.3 Å². The molecule has 1 atom stereocenters. The second-order valence-corrected chi connectivity index (χ2v) is 7.30. The molecule has 4 rings (SSSR count). The maximum absolute atomic E-state index is 5.27. The van der Waals surface area contributed by atoms with E-state index in [2.05, 4.69) is 58.7 Å². The van der Waals surface area contributed by atoms with Gasteiger partial charge >= 0.3 is 0 Å². The molecule has 0 saturated heterocycles. The molecule has 2 aromatic carbocycles. The minimum atomic E-state index is 0.166. The second kappa shape index (κ2) is 6.92. The van der Waals surface area contributed by atoms with E-state index >= 15 is 0 Å². The molecule has 0 amide bonds. The molecule has 0 radical (unpaired) electrons. The van der Waals surface area contributed by atoms with Crippen LogP contribution in [0.15, 0.2) is 59.0 Å². The number of ether oxygens (including phenoxy) is 1. The third kappa shape index (κ3) is 3.10. The first kappa shape index (κ1) is 16.8. The fourth-order valence-corrected chi connectivity index (χ4v) is 4.10. The first-order chi connectivity index (χ1) is 12.7. The van der Waals surface area contributed by atoms with Crippen LogP contribution in [0.4, 0.5) is 5.13 Å². The average Bonchev–Trinajstić information content (AvgIpc) is 3.28. The molecule has 3 aromatic rings. The lowest BCUT2D eigenvalue weighted by atomic mass is 9.95. The first-order valence-electron chi connectivity index (χ1n) is 8.64. The van der Waals surface area contributed by atoms with Gasteiger partial charge in [0.2, 0.25) is 5.13 Å². The quantitative estimate of drug-likeness (QED) is 0.645. The van der Waals surface area contributed by atoms with Gasteiger partial charge in [-0.15, -0.1) is 11.3 Å². The summed E-state index contributed by atoms with van der Waals surface area (Å²) in [6.07, 6.45) is 0.857. The van der Waals surface area contributed by atoms with Crippen LogP contribution in [0, 0.1) is 13.8 Å². The lowest BCUT2D eigenvalue weighted by molar-refractivity contribution is 0.415. The number of aromatic nitrogens is 1. The molecule has 0 bridgehead atoms. The van der Waals surface area contributed by atoms with Crippen molar-refractivity contribution in [3.05, 3.63) is 76.3 Å². The largest absolute Gasteiger partial charge is 0.497 e. The third-order valence-electron chi connectivity index (χ3n) is 4.68. The maximum atomic E-state index is 5.27. The molecule has 0 spiro atoms. The van der Waals surface area contributed by atoms with Gasteiger partial charge in [-0.2, -0.15) is 5.10 Å². The Balaban J connectivity index is 1.74. The smallest absolute Gasteiger partial charge is 0.206 e. The Morgan fingerprint density at radius 1 is 1.08 bits per heavy atom. The van der Waals surface area contributed by atoms with E-state index in [0.717, 1.165) is 34.3 Å². The average molecular weight is 363 g/mol. The zero-order chi connectivity index (χ0) is 18.1. The Kier molecular flexibility index (Phi) is 4.47. The second-order valence-electron chi connectivity index (χ2n) is 6.47. The third-order valence-corrected chi connectivity index (χ3v) is 5.63. The van der Waals surface area contributed by atoms with Crippen molar-refractivity contribution in [1.29, 1.82) is 0 Å². The van der Waals surface area contributed by atoms with Gasteiger partial charge in [0.25, 0.3) is 0 Å². The highest BCUT2D eigenvalue weighted by Crippen LogP contribution is 2.39. The zero-order valence-electron chi connectivity index (χ0n) is 15.1. The maximum Gasteiger partial charge on any atom is 0.206 e. The van der Waals surface area contributed by atoms with E-state index < -0.39 is 0 Å². The van der Waals surface area contributed by atoms with Crippen LogP contribution in [0.25, 0.3) is 0 Å². The van der Waals surface area contributed by atoms with Crippen molar-refractivity contribution >= 4 is 22.2 Å². The molecule has 0 N–H and O–H groups in total. The SMILES string of the molecule is COc1ccc(C2=NN(c3nc(C)cs3)[C@@H](c3ccccc3C)C2)cc1. The Bertz CT molecular complexity index is 946. The Morgan fingerprint density at radius 3 is 2.50 bits per heavy atom. The van der Waals surface area contributed by atoms with E-state index in [1.54, 1.807) is 18.4 Å². The van der Waals surface area contributed by atoms with Gasteiger partial charge in [0.05, 0.1) is 24.6 Å². The molecule has 2 heterocycles. The standard InChI is InChI=1S/C21H21N3OS/c1-14-6-4-5-7-18(14)20-12-19(16-8-10-17(25-3)11-9-16)23-24(20)21-22-15(2)13-26-21/h4-11,13,20H,12H2,1-3H3/t20-/m1/s1. The fourth-order valence-electron chi connectivity index (χ4n) is 3.29. The zero-order valence-corrected chi connectivity index (χ0v) is 16.0. The summed E-state index contributed by atoms with van der Waals surface area (Å²) in [5.74, 6) is 0.857. The highest BCUT2D eigenvalue weighted by molar-refractivity contribution is 7.13. The summed E-state index contributed by atoms with van der Waals surface area (Å²) >= 11 is 1.64. The van der Waals surface area contributed by atoms with Crippen LogP contribution in [0.2, 0.25) is 0 Å². The number of benzene rings is 2. The summed E-state index contributed by atoms with van der Waals surface area (Å²) in [4.78, 5) is 4.67. The molecular formula is C21H21N3OS. The number of nitrogens with zero attached hydrogens (tertiary/aromatic N) is 3. The van der Waals surface area contributed by atoms with E-state index in [-0.39, 0.29) is 6.04 Å². The van der Waals surface area contributed by atoms with E-state index in [1.807, 2.05) is 19.1 Å². The number of thiazole rings is 1. The van der Waals surface area contributed by atoms with Crippen molar-refractivity contribution in [3.63, 3.8) is 0 Å². The Morgan fingerprint density at radius 2 is 1.85 bits per heavy atom. The van der Waals surface area contributed by atoms with Crippen molar-refractivity contribution in [2.45, 2.75) is 26.3 Å². The van der Waals surface area contributed by atoms with E-state index in [4.69, 9.17) is 9.84 Å². The van der Waals surface area contributed by atoms with Crippen molar-refractivity contribution < 1.29 is 4.74 Å². The fraction of sp³-hybridized carbons (Fsp3) is 0.238. The number of aryl methyl sites for hydroxylation is 2. The number of hydrogen-bond acceptors (Lipinski definition) is 5. The van der Waals surface area contributed by atoms with Crippen LogP contribution in [0.3, 0.4) is 0 Å². The Labute approximate surface area is 157 Å². The lowest BCUT2D eigenvalue weighted by Crippen LogP contribution is -2.19. The van der Waals surface area contributed by atoms with Crippen LogP contribution < -0.4 is 9.75 Å². The molecule has 1 aliphatic rings. The van der Waals surface area contributed by atoms with Crippen molar-refractivity contribution in [2.24, 2.45) is 5.10 Å². The highest BCUT2D eigenvalue weighted by atomic mass is 32.1. The molecule has 0 aliphatic carbocycles. The van der Waals surface area contributed by atoms with Crippen LogP contribution >= 0.6 is 11.3 Å². The van der Waals surface area contributed by atoms with Gasteiger partial charge in [-0.05, 0) is 54.8 Å². The number of hydrazone groups is 1. The van der Waals surface area contributed by atoms with Crippen molar-refractivity contribution in [2.75, 3.05) is 12.1 Å². The van der Waals surface area contributed by atoms with E-state index in [1.165, 1.54) is 11.1 Å². The molecule has 26 heavy (non-hydrogen) atoms. The predicted molar refractivity (Wildman–Crippen MR) is 107 cm³/mol. The van der Waals surface area contributed by atoms with Gasteiger partial charge in [0.15, 0.2) is 0 Å². The molecule has 1 aliphatic heterocycles. The number of rotatable bonds is 4. The molecule has 1 aromatic heterocycles. The molecule has 4 nitrogen and oxygen atoms in total. The van der Waals surface area contributed by atoms with Gasteiger partial charge < -0.3 is 4.74 Å². The van der Waals surface area contributed by atoms with E-state index in [0.29, 0.717) is 0 Å². The molecular weight excluding hydrogens is 342 g/mol. The summed E-state index contributed by atoms with van der Waals surface area (Å²) < 4.78 is 5.27. The summed E-state index contributed by atoms with van der Waals surface area (Å²) in [6.45, 7) is 4.18. The van der Waals surface area contributed by atoms with Gasteiger partial charge in [0, 0.05) is 11.8 Å².